The van der Waals surface area contributed by atoms with Gasteiger partial charge in [0.1, 0.15) is 12.4 Å². The second kappa shape index (κ2) is 9.02. The first-order chi connectivity index (χ1) is 13.1. The molecule has 0 spiro atoms. The molecule has 1 saturated heterocycles. The van der Waals surface area contributed by atoms with Crippen LogP contribution in [0, 0.1) is 12.3 Å². The second-order valence-electron chi connectivity index (χ2n) is 7.20. The van der Waals surface area contributed by atoms with Gasteiger partial charge in [-0.3, -0.25) is 4.79 Å². The highest BCUT2D eigenvalue weighted by Crippen LogP contribution is 2.29. The van der Waals surface area contributed by atoms with E-state index in [-0.39, 0.29) is 5.91 Å². The summed E-state index contributed by atoms with van der Waals surface area (Å²) in [5.41, 5.74) is 8.80. The quantitative estimate of drug-likeness (QED) is 0.788. The summed E-state index contributed by atoms with van der Waals surface area (Å²) >= 11 is 0. The van der Waals surface area contributed by atoms with E-state index in [1.54, 1.807) is 0 Å². The van der Waals surface area contributed by atoms with Crippen LogP contribution in [0.25, 0.3) is 0 Å². The number of nitrogens with two attached hydrogens (primary N) is 1. The molecule has 1 fully saturated rings. The number of rotatable bonds is 7. The Bertz CT molecular complexity index is 752. The molecule has 2 aromatic carbocycles. The van der Waals surface area contributed by atoms with Gasteiger partial charge in [0.25, 0.3) is 0 Å². The number of aryl methyl sites for hydroxylation is 1. The van der Waals surface area contributed by atoms with Gasteiger partial charge in [-0.25, -0.2) is 0 Å². The van der Waals surface area contributed by atoms with Gasteiger partial charge < -0.3 is 20.5 Å². The fraction of sp³-hybridized carbons (Fsp3) is 0.409. The first kappa shape index (κ1) is 19.4. The van der Waals surface area contributed by atoms with Crippen LogP contribution in [-0.2, 0) is 22.7 Å². The maximum atomic E-state index is 12.6. The van der Waals surface area contributed by atoms with Gasteiger partial charge in [0.2, 0.25) is 5.91 Å². The molecule has 1 amide bonds. The van der Waals surface area contributed by atoms with Crippen molar-refractivity contribution in [3.05, 3.63) is 65.2 Å². The lowest BCUT2D eigenvalue weighted by molar-refractivity contribution is -0.136. The number of carbonyl (C=O) groups excluding carboxylic acids is 1. The summed E-state index contributed by atoms with van der Waals surface area (Å²) in [5, 5.41) is 3.03. The standard InChI is InChI=1S/C22H28N2O3/c1-17-3-2-4-19(13-17)15-27-20-7-5-18(6-8-20)14-24-21(25)22(16-23)9-11-26-12-10-22/h2-8,13H,9-12,14-16,23H2,1H3,(H,24,25). The van der Waals surface area contributed by atoms with E-state index in [1.165, 1.54) is 5.56 Å². The Hall–Kier alpha value is -2.37. The van der Waals surface area contributed by atoms with Crippen molar-refractivity contribution in [1.82, 2.24) is 5.32 Å². The summed E-state index contributed by atoms with van der Waals surface area (Å²) in [6.07, 6.45) is 1.36. The van der Waals surface area contributed by atoms with Crippen LogP contribution in [0.3, 0.4) is 0 Å². The van der Waals surface area contributed by atoms with E-state index in [1.807, 2.05) is 30.3 Å². The van der Waals surface area contributed by atoms with Crippen molar-refractivity contribution in [3.8, 4) is 5.75 Å². The first-order valence-corrected chi connectivity index (χ1v) is 9.45. The topological polar surface area (TPSA) is 73.6 Å². The molecule has 1 aliphatic rings. The molecule has 5 heteroatoms. The molecule has 0 aliphatic carbocycles. The van der Waals surface area contributed by atoms with E-state index in [0.29, 0.717) is 45.8 Å². The SMILES string of the molecule is Cc1cccc(COc2ccc(CNC(=O)C3(CN)CCOCC3)cc2)c1. The molecule has 1 heterocycles. The number of nitrogens with one attached hydrogen (secondary N) is 1. The van der Waals surface area contributed by atoms with Gasteiger partial charge in [0.05, 0.1) is 5.41 Å². The molecule has 27 heavy (non-hydrogen) atoms. The van der Waals surface area contributed by atoms with Crippen molar-refractivity contribution in [1.29, 1.82) is 0 Å². The van der Waals surface area contributed by atoms with Gasteiger partial charge in [-0.15, -0.1) is 0 Å². The Morgan fingerprint density at radius 3 is 2.56 bits per heavy atom. The predicted molar refractivity (Wildman–Crippen MR) is 105 cm³/mol. The van der Waals surface area contributed by atoms with Crippen LogP contribution in [0.15, 0.2) is 48.5 Å². The van der Waals surface area contributed by atoms with Crippen LogP contribution in [0.1, 0.15) is 29.5 Å². The Morgan fingerprint density at radius 2 is 1.89 bits per heavy atom. The van der Waals surface area contributed by atoms with E-state index in [2.05, 4.69) is 30.4 Å². The fourth-order valence-corrected chi connectivity index (χ4v) is 3.33. The average molecular weight is 368 g/mol. The molecular weight excluding hydrogens is 340 g/mol. The van der Waals surface area contributed by atoms with Crippen LogP contribution in [0.2, 0.25) is 0 Å². The molecule has 0 aromatic heterocycles. The molecule has 1 aliphatic heterocycles. The van der Waals surface area contributed by atoms with E-state index in [4.69, 9.17) is 15.2 Å². The third-order valence-electron chi connectivity index (χ3n) is 5.19. The van der Waals surface area contributed by atoms with E-state index in [9.17, 15) is 4.79 Å². The number of ether oxygens (including phenoxy) is 2. The van der Waals surface area contributed by atoms with E-state index in [0.717, 1.165) is 16.9 Å². The molecule has 0 atom stereocenters. The molecule has 0 unspecified atom stereocenters. The molecule has 2 aromatic rings. The number of benzene rings is 2. The van der Waals surface area contributed by atoms with Crippen LogP contribution < -0.4 is 15.8 Å². The minimum absolute atomic E-state index is 0.0214. The van der Waals surface area contributed by atoms with Crippen molar-refractivity contribution < 1.29 is 14.3 Å². The Balaban J connectivity index is 1.50. The zero-order valence-corrected chi connectivity index (χ0v) is 15.9. The maximum Gasteiger partial charge on any atom is 0.227 e. The van der Waals surface area contributed by atoms with E-state index >= 15 is 0 Å². The molecule has 3 N–H and O–H groups in total. The zero-order chi connectivity index (χ0) is 19.1. The lowest BCUT2D eigenvalue weighted by Crippen LogP contribution is -2.48. The molecule has 5 nitrogen and oxygen atoms in total. The highest BCUT2D eigenvalue weighted by atomic mass is 16.5. The number of carbonyl (C=O) groups is 1. The predicted octanol–water partition coefficient (Wildman–Crippen LogP) is 2.95. The maximum absolute atomic E-state index is 12.6. The Kier molecular flexibility index (Phi) is 6.48. The third-order valence-corrected chi connectivity index (χ3v) is 5.19. The van der Waals surface area contributed by atoms with Crippen molar-refractivity contribution in [2.24, 2.45) is 11.1 Å². The van der Waals surface area contributed by atoms with Crippen molar-refractivity contribution in [2.45, 2.75) is 32.9 Å². The smallest absolute Gasteiger partial charge is 0.227 e. The minimum atomic E-state index is -0.491. The molecule has 144 valence electrons. The summed E-state index contributed by atoms with van der Waals surface area (Å²) in [4.78, 5) is 12.6. The normalized spacial score (nSPS) is 15.9. The fourth-order valence-electron chi connectivity index (χ4n) is 3.33. The van der Waals surface area contributed by atoms with E-state index < -0.39 is 5.41 Å². The summed E-state index contributed by atoms with van der Waals surface area (Å²) in [6.45, 7) is 4.64. The van der Waals surface area contributed by atoms with Gasteiger partial charge in [-0.2, -0.15) is 0 Å². The summed E-state index contributed by atoms with van der Waals surface area (Å²) < 4.78 is 11.2. The van der Waals surface area contributed by atoms with Crippen LogP contribution in [0.5, 0.6) is 5.75 Å². The second-order valence-corrected chi connectivity index (χ2v) is 7.20. The summed E-state index contributed by atoms with van der Waals surface area (Å²) in [6, 6.07) is 16.1. The van der Waals surface area contributed by atoms with Crippen molar-refractivity contribution in [2.75, 3.05) is 19.8 Å². The number of hydrogen-bond donors (Lipinski definition) is 2. The lowest BCUT2D eigenvalue weighted by Gasteiger charge is -2.34. The number of amides is 1. The summed E-state index contributed by atoms with van der Waals surface area (Å²) in [5.74, 6) is 0.836. The van der Waals surface area contributed by atoms with Crippen molar-refractivity contribution in [3.63, 3.8) is 0 Å². The Morgan fingerprint density at radius 1 is 1.15 bits per heavy atom. The third kappa shape index (κ3) is 5.08. The number of hydrogen-bond acceptors (Lipinski definition) is 4. The van der Waals surface area contributed by atoms with Gasteiger partial charge in [0.15, 0.2) is 0 Å². The van der Waals surface area contributed by atoms with Crippen LogP contribution in [0.4, 0.5) is 0 Å². The van der Waals surface area contributed by atoms with Gasteiger partial charge in [-0.1, -0.05) is 42.0 Å². The van der Waals surface area contributed by atoms with Gasteiger partial charge >= 0.3 is 0 Å². The lowest BCUT2D eigenvalue weighted by atomic mass is 9.79. The largest absolute Gasteiger partial charge is 0.489 e. The molecule has 3 rings (SSSR count). The van der Waals surface area contributed by atoms with Crippen LogP contribution >= 0.6 is 0 Å². The highest BCUT2D eigenvalue weighted by Gasteiger charge is 2.38. The minimum Gasteiger partial charge on any atom is -0.489 e. The molecule has 0 radical (unpaired) electrons. The zero-order valence-electron chi connectivity index (χ0n) is 15.9. The van der Waals surface area contributed by atoms with Gasteiger partial charge in [-0.05, 0) is 43.0 Å². The molecule has 0 saturated carbocycles. The first-order valence-electron chi connectivity index (χ1n) is 9.45. The highest BCUT2D eigenvalue weighted by molar-refractivity contribution is 5.83. The van der Waals surface area contributed by atoms with Gasteiger partial charge in [0, 0.05) is 26.3 Å². The monoisotopic (exact) mass is 368 g/mol. The van der Waals surface area contributed by atoms with Crippen LogP contribution in [-0.4, -0.2) is 25.7 Å². The average Bonchev–Trinajstić information content (AvgIpc) is 2.72. The molecule has 0 bridgehead atoms. The van der Waals surface area contributed by atoms with Crippen molar-refractivity contribution >= 4 is 5.91 Å². The summed E-state index contributed by atoms with van der Waals surface area (Å²) in [7, 11) is 0. The Labute approximate surface area is 160 Å². The molecular formula is C22H28N2O3.